The van der Waals surface area contributed by atoms with Gasteiger partial charge in [0.2, 0.25) is 0 Å². The van der Waals surface area contributed by atoms with Gasteiger partial charge in [-0.15, -0.1) is 0 Å². The molecule has 1 atom stereocenters. The van der Waals surface area contributed by atoms with Gasteiger partial charge in [-0.05, 0) is 48.9 Å². The smallest absolute Gasteiger partial charge is 0.148 e. The van der Waals surface area contributed by atoms with Crippen LogP contribution in [-0.2, 0) is 13.2 Å². The van der Waals surface area contributed by atoms with E-state index >= 15 is 0 Å². The number of para-hydroxylation sites is 3. The molecule has 29 heavy (non-hydrogen) atoms. The molecule has 1 aromatic heterocycles. The molecule has 0 fully saturated rings. The van der Waals surface area contributed by atoms with Gasteiger partial charge in [-0.2, -0.15) is 0 Å². The summed E-state index contributed by atoms with van der Waals surface area (Å²) in [6.45, 7) is 2.92. The molecular formula is C24H24N2O3. The fourth-order valence-electron chi connectivity index (χ4n) is 3.26. The van der Waals surface area contributed by atoms with Crippen molar-refractivity contribution in [2.45, 2.75) is 26.2 Å². The van der Waals surface area contributed by atoms with E-state index in [4.69, 9.17) is 14.5 Å². The van der Waals surface area contributed by atoms with E-state index in [1.807, 2.05) is 90.4 Å². The van der Waals surface area contributed by atoms with Crippen LogP contribution in [0, 0.1) is 6.92 Å². The first-order valence-electron chi connectivity index (χ1n) is 9.68. The van der Waals surface area contributed by atoms with E-state index in [1.54, 1.807) is 0 Å². The molecule has 1 heterocycles. The average Bonchev–Trinajstić information content (AvgIpc) is 3.09. The van der Waals surface area contributed by atoms with Crippen molar-refractivity contribution in [3.8, 4) is 11.5 Å². The van der Waals surface area contributed by atoms with Gasteiger partial charge in [0.05, 0.1) is 17.6 Å². The van der Waals surface area contributed by atoms with Gasteiger partial charge in [-0.1, -0.05) is 42.5 Å². The number of aliphatic hydroxyl groups excluding tert-OH is 1. The molecule has 4 rings (SSSR count). The number of hydrogen-bond acceptors (Lipinski definition) is 4. The van der Waals surface area contributed by atoms with E-state index in [1.165, 1.54) is 0 Å². The second kappa shape index (κ2) is 8.80. The Hall–Kier alpha value is -3.31. The molecule has 0 radical (unpaired) electrons. The fraction of sp³-hybridized carbons (Fsp3) is 0.208. The van der Waals surface area contributed by atoms with Crippen LogP contribution in [0.5, 0.6) is 11.5 Å². The molecule has 0 saturated carbocycles. The summed E-state index contributed by atoms with van der Waals surface area (Å²) in [6, 6.07) is 25.4. The largest absolute Gasteiger partial charge is 0.491 e. The maximum Gasteiger partial charge on any atom is 0.148 e. The van der Waals surface area contributed by atoms with E-state index in [-0.39, 0.29) is 6.61 Å². The molecule has 0 aliphatic heterocycles. The summed E-state index contributed by atoms with van der Waals surface area (Å²) in [5, 5.41) is 10.6. The molecule has 0 saturated heterocycles. The molecule has 5 nitrogen and oxygen atoms in total. The summed E-state index contributed by atoms with van der Waals surface area (Å²) in [5.41, 5.74) is 2.97. The molecule has 3 aromatic carbocycles. The fourth-order valence-corrected chi connectivity index (χ4v) is 3.26. The highest BCUT2D eigenvalue weighted by atomic mass is 16.5. The lowest BCUT2D eigenvalue weighted by molar-refractivity contribution is 0.0917. The van der Waals surface area contributed by atoms with Gasteiger partial charge in [0, 0.05) is 0 Å². The minimum absolute atomic E-state index is 0.203. The van der Waals surface area contributed by atoms with Crippen molar-refractivity contribution in [1.29, 1.82) is 0 Å². The SMILES string of the molecule is Cc1cccc(OCC(O)Cn2c(COc3ccccc3)nc3ccccc32)c1. The van der Waals surface area contributed by atoms with Crippen molar-refractivity contribution in [2.24, 2.45) is 0 Å². The number of nitrogens with zero attached hydrogens (tertiary/aromatic N) is 2. The topological polar surface area (TPSA) is 56.5 Å². The minimum Gasteiger partial charge on any atom is -0.491 e. The summed E-state index contributed by atoms with van der Waals surface area (Å²) in [6.07, 6.45) is -0.677. The van der Waals surface area contributed by atoms with Crippen LogP contribution in [0.15, 0.2) is 78.9 Å². The Balaban J connectivity index is 1.49. The van der Waals surface area contributed by atoms with Gasteiger partial charge < -0.3 is 19.1 Å². The highest BCUT2D eigenvalue weighted by molar-refractivity contribution is 5.75. The monoisotopic (exact) mass is 388 g/mol. The first kappa shape index (κ1) is 19.0. The third-order valence-corrected chi connectivity index (χ3v) is 4.67. The van der Waals surface area contributed by atoms with Crippen molar-refractivity contribution < 1.29 is 14.6 Å². The van der Waals surface area contributed by atoms with Crippen LogP contribution in [0.2, 0.25) is 0 Å². The highest BCUT2D eigenvalue weighted by Gasteiger charge is 2.15. The van der Waals surface area contributed by atoms with Gasteiger partial charge in [0.15, 0.2) is 0 Å². The summed E-state index contributed by atoms with van der Waals surface area (Å²) >= 11 is 0. The van der Waals surface area contributed by atoms with Crippen LogP contribution < -0.4 is 9.47 Å². The van der Waals surface area contributed by atoms with Gasteiger partial charge in [0.25, 0.3) is 0 Å². The Labute approximate surface area is 170 Å². The minimum atomic E-state index is -0.677. The number of imidazole rings is 1. The third kappa shape index (κ3) is 4.76. The molecule has 4 aromatic rings. The first-order chi connectivity index (χ1) is 14.2. The van der Waals surface area contributed by atoms with Crippen LogP contribution in [0.4, 0.5) is 0 Å². The lowest BCUT2D eigenvalue weighted by atomic mass is 10.2. The molecule has 1 unspecified atom stereocenters. The van der Waals surface area contributed by atoms with Crippen molar-refractivity contribution in [2.75, 3.05) is 6.61 Å². The zero-order valence-electron chi connectivity index (χ0n) is 16.4. The van der Waals surface area contributed by atoms with Gasteiger partial charge in [-0.3, -0.25) is 0 Å². The molecule has 0 amide bonds. The standard InChI is InChI=1S/C24H24N2O3/c1-18-8-7-11-21(14-18)28-16-19(27)15-26-23-13-6-5-12-22(23)25-24(26)17-29-20-9-3-2-4-10-20/h2-14,19,27H,15-17H2,1H3. The number of ether oxygens (including phenoxy) is 2. The summed E-state index contributed by atoms with van der Waals surface area (Å²) in [4.78, 5) is 4.70. The van der Waals surface area contributed by atoms with Crippen LogP contribution in [0.3, 0.4) is 0 Å². The van der Waals surface area contributed by atoms with Crippen LogP contribution in [0.25, 0.3) is 11.0 Å². The molecule has 0 bridgehead atoms. The van der Waals surface area contributed by atoms with Gasteiger partial charge >= 0.3 is 0 Å². The van der Waals surface area contributed by atoms with E-state index in [0.717, 1.165) is 33.9 Å². The van der Waals surface area contributed by atoms with E-state index in [9.17, 15) is 5.11 Å². The van der Waals surface area contributed by atoms with Crippen LogP contribution >= 0.6 is 0 Å². The number of aromatic nitrogens is 2. The van der Waals surface area contributed by atoms with E-state index in [2.05, 4.69) is 0 Å². The highest BCUT2D eigenvalue weighted by Crippen LogP contribution is 2.19. The van der Waals surface area contributed by atoms with Gasteiger partial charge in [-0.25, -0.2) is 4.98 Å². The second-order valence-electron chi connectivity index (χ2n) is 7.01. The van der Waals surface area contributed by atoms with Crippen LogP contribution in [-0.4, -0.2) is 27.4 Å². The third-order valence-electron chi connectivity index (χ3n) is 4.67. The molecule has 1 N–H and O–H groups in total. The maximum atomic E-state index is 10.6. The lowest BCUT2D eigenvalue weighted by Gasteiger charge is -2.16. The number of hydrogen-bond donors (Lipinski definition) is 1. The summed E-state index contributed by atoms with van der Waals surface area (Å²) in [5.74, 6) is 2.31. The van der Waals surface area contributed by atoms with Crippen molar-refractivity contribution >= 4 is 11.0 Å². The van der Waals surface area contributed by atoms with E-state index in [0.29, 0.717) is 13.2 Å². The molecule has 0 spiro atoms. The van der Waals surface area contributed by atoms with Crippen molar-refractivity contribution in [3.63, 3.8) is 0 Å². The van der Waals surface area contributed by atoms with E-state index < -0.39 is 6.10 Å². The quantitative estimate of drug-likeness (QED) is 0.487. The number of aliphatic hydroxyl groups is 1. The molecule has 148 valence electrons. The molecule has 0 aliphatic carbocycles. The zero-order valence-corrected chi connectivity index (χ0v) is 16.4. The molecule has 0 aliphatic rings. The Morgan fingerprint density at radius 1 is 0.897 bits per heavy atom. The Kier molecular flexibility index (Phi) is 5.77. The summed E-state index contributed by atoms with van der Waals surface area (Å²) in [7, 11) is 0. The molecule has 5 heteroatoms. The van der Waals surface area contributed by atoms with Crippen LogP contribution in [0.1, 0.15) is 11.4 Å². The normalized spacial score (nSPS) is 12.1. The predicted octanol–water partition coefficient (Wildman–Crippen LogP) is 4.36. The summed E-state index contributed by atoms with van der Waals surface area (Å²) < 4.78 is 13.7. The predicted molar refractivity (Wildman–Crippen MR) is 113 cm³/mol. The lowest BCUT2D eigenvalue weighted by Crippen LogP contribution is -2.25. The number of benzene rings is 3. The maximum absolute atomic E-state index is 10.6. The zero-order chi connectivity index (χ0) is 20.1. The number of rotatable bonds is 8. The number of aryl methyl sites for hydroxylation is 1. The van der Waals surface area contributed by atoms with Gasteiger partial charge in [0.1, 0.15) is 36.6 Å². The van der Waals surface area contributed by atoms with Crippen molar-refractivity contribution in [1.82, 2.24) is 9.55 Å². The average molecular weight is 388 g/mol. The Morgan fingerprint density at radius 2 is 1.66 bits per heavy atom. The van der Waals surface area contributed by atoms with Crippen molar-refractivity contribution in [3.05, 3.63) is 90.3 Å². The first-order valence-corrected chi connectivity index (χ1v) is 9.68. The Bertz CT molecular complexity index is 1080. The number of fused-ring (bicyclic) bond motifs is 1. The molecular weight excluding hydrogens is 364 g/mol. The Morgan fingerprint density at radius 3 is 2.48 bits per heavy atom. The second-order valence-corrected chi connectivity index (χ2v) is 7.01.